The second-order valence-corrected chi connectivity index (χ2v) is 4.78. The predicted molar refractivity (Wildman–Crippen MR) is 67.8 cm³/mol. The number of benzene rings is 1. The molecule has 0 atom stereocenters. The van der Waals surface area contributed by atoms with Crippen LogP contribution in [0.3, 0.4) is 0 Å². The molecule has 0 bridgehead atoms. The van der Waals surface area contributed by atoms with E-state index in [2.05, 4.69) is 10.3 Å². The van der Waals surface area contributed by atoms with E-state index in [1.165, 1.54) is 0 Å². The van der Waals surface area contributed by atoms with Crippen molar-refractivity contribution in [3.8, 4) is 0 Å². The average Bonchev–Trinajstić information content (AvgIpc) is 3.20. The molecule has 1 aromatic heterocycles. The van der Waals surface area contributed by atoms with Crippen LogP contribution in [-0.4, -0.2) is 11.5 Å². The van der Waals surface area contributed by atoms with Gasteiger partial charge in [-0.05, 0) is 25.8 Å². The van der Waals surface area contributed by atoms with Crippen LogP contribution in [0.2, 0.25) is 0 Å². The summed E-state index contributed by atoms with van der Waals surface area (Å²) in [6.45, 7) is 2.43. The highest BCUT2D eigenvalue weighted by Gasteiger charge is 2.27. The molecule has 0 radical (unpaired) electrons. The maximum atomic E-state index is 13.9. The van der Waals surface area contributed by atoms with E-state index >= 15 is 0 Å². The maximum absolute atomic E-state index is 13.9. The largest absolute Gasteiger partial charge is 0.385 e. The molecule has 1 saturated carbocycles. The Labute approximate surface area is 108 Å². The Balaban J connectivity index is 2.33. The average molecular weight is 266 g/mol. The Morgan fingerprint density at radius 2 is 1.95 bits per heavy atom. The van der Waals surface area contributed by atoms with Gasteiger partial charge >= 0.3 is 0 Å². The SMILES string of the molecule is CCNc1cc(C2CC2)nc2c(F)c(F)cc(F)c12. The fraction of sp³-hybridized carbons (Fsp3) is 0.357. The van der Waals surface area contributed by atoms with Crippen molar-refractivity contribution in [2.24, 2.45) is 0 Å². The van der Waals surface area contributed by atoms with Crippen LogP contribution >= 0.6 is 0 Å². The van der Waals surface area contributed by atoms with Gasteiger partial charge < -0.3 is 5.32 Å². The minimum Gasteiger partial charge on any atom is -0.385 e. The molecule has 2 nitrogen and oxygen atoms in total. The highest BCUT2D eigenvalue weighted by Crippen LogP contribution is 2.41. The molecule has 2 aromatic rings. The first-order chi connectivity index (χ1) is 9.11. The molecule has 0 aliphatic heterocycles. The van der Waals surface area contributed by atoms with Crippen molar-refractivity contribution in [3.05, 3.63) is 35.3 Å². The van der Waals surface area contributed by atoms with Crippen molar-refractivity contribution in [3.63, 3.8) is 0 Å². The molecule has 1 aromatic carbocycles. The second-order valence-electron chi connectivity index (χ2n) is 4.78. The minimum absolute atomic E-state index is 0.0187. The van der Waals surface area contributed by atoms with Gasteiger partial charge in [0, 0.05) is 29.9 Å². The van der Waals surface area contributed by atoms with Crippen molar-refractivity contribution in [2.75, 3.05) is 11.9 Å². The molecule has 1 N–H and O–H groups in total. The topological polar surface area (TPSA) is 24.9 Å². The van der Waals surface area contributed by atoms with Gasteiger partial charge in [0.25, 0.3) is 0 Å². The summed E-state index contributed by atoms with van der Waals surface area (Å²) in [5.41, 5.74) is 0.955. The third-order valence-corrected chi connectivity index (χ3v) is 3.31. The van der Waals surface area contributed by atoms with Crippen molar-refractivity contribution in [1.29, 1.82) is 0 Å². The van der Waals surface area contributed by atoms with Crippen LogP contribution in [0.25, 0.3) is 10.9 Å². The molecule has 0 spiro atoms. The van der Waals surface area contributed by atoms with Crippen LogP contribution in [0.15, 0.2) is 12.1 Å². The van der Waals surface area contributed by atoms with Gasteiger partial charge in [0.2, 0.25) is 0 Å². The second kappa shape index (κ2) is 4.40. The summed E-state index contributed by atoms with van der Waals surface area (Å²) in [6.07, 6.45) is 1.98. The smallest absolute Gasteiger partial charge is 0.185 e. The van der Waals surface area contributed by atoms with Gasteiger partial charge in [0.1, 0.15) is 11.3 Å². The molecule has 100 valence electrons. The standard InChI is InChI=1S/C14H13F3N2/c1-2-18-11-6-10(7-3-4-7)19-14-12(11)8(15)5-9(16)13(14)17/h5-7H,2-4H2,1H3,(H,18,19). The number of nitrogens with zero attached hydrogens (tertiary/aromatic N) is 1. The van der Waals surface area contributed by atoms with Crippen LogP contribution < -0.4 is 5.32 Å². The minimum atomic E-state index is -1.20. The van der Waals surface area contributed by atoms with E-state index < -0.39 is 17.5 Å². The molecule has 3 rings (SSSR count). The molecular weight excluding hydrogens is 253 g/mol. The van der Waals surface area contributed by atoms with Crippen molar-refractivity contribution in [2.45, 2.75) is 25.7 Å². The molecule has 0 unspecified atom stereocenters. The summed E-state index contributed by atoms with van der Waals surface area (Å²) in [5, 5.41) is 3.01. The molecule has 1 aliphatic carbocycles. The number of halogens is 3. The van der Waals surface area contributed by atoms with Crippen LogP contribution in [-0.2, 0) is 0 Å². The number of hydrogen-bond acceptors (Lipinski definition) is 2. The Morgan fingerprint density at radius 3 is 2.58 bits per heavy atom. The number of anilines is 1. The molecule has 0 amide bonds. The number of nitrogens with one attached hydrogen (secondary N) is 1. The van der Waals surface area contributed by atoms with E-state index in [9.17, 15) is 13.2 Å². The lowest BCUT2D eigenvalue weighted by Crippen LogP contribution is -2.04. The predicted octanol–water partition coefficient (Wildman–Crippen LogP) is 3.96. The Kier molecular flexibility index (Phi) is 2.84. The zero-order valence-electron chi connectivity index (χ0n) is 10.4. The third-order valence-electron chi connectivity index (χ3n) is 3.31. The quantitative estimate of drug-likeness (QED) is 0.850. The molecule has 1 heterocycles. The van der Waals surface area contributed by atoms with E-state index in [1.54, 1.807) is 6.07 Å². The summed E-state index contributed by atoms with van der Waals surface area (Å²) >= 11 is 0. The van der Waals surface area contributed by atoms with Crippen molar-refractivity contribution < 1.29 is 13.2 Å². The van der Waals surface area contributed by atoms with Gasteiger partial charge in [-0.25, -0.2) is 18.2 Å². The number of pyridine rings is 1. The van der Waals surface area contributed by atoms with Crippen molar-refractivity contribution >= 4 is 16.6 Å². The van der Waals surface area contributed by atoms with Crippen LogP contribution in [0.1, 0.15) is 31.4 Å². The first-order valence-corrected chi connectivity index (χ1v) is 6.33. The normalized spacial score (nSPS) is 14.9. The number of hydrogen-bond donors (Lipinski definition) is 1. The monoisotopic (exact) mass is 266 g/mol. The van der Waals surface area contributed by atoms with E-state index in [0.29, 0.717) is 24.0 Å². The van der Waals surface area contributed by atoms with Gasteiger partial charge in [-0.3, -0.25) is 0 Å². The van der Waals surface area contributed by atoms with E-state index in [4.69, 9.17) is 0 Å². The zero-order valence-corrected chi connectivity index (χ0v) is 10.4. The van der Waals surface area contributed by atoms with Crippen molar-refractivity contribution in [1.82, 2.24) is 4.98 Å². The molecule has 5 heteroatoms. The molecular formula is C14H13F3N2. The van der Waals surface area contributed by atoms with Gasteiger partial charge in [0.05, 0.1) is 5.39 Å². The van der Waals surface area contributed by atoms with Gasteiger partial charge in [-0.1, -0.05) is 0 Å². The molecule has 1 fully saturated rings. The lowest BCUT2D eigenvalue weighted by atomic mass is 10.1. The molecule has 19 heavy (non-hydrogen) atoms. The number of rotatable bonds is 3. The van der Waals surface area contributed by atoms with Gasteiger partial charge in [0.15, 0.2) is 11.6 Å². The first-order valence-electron chi connectivity index (χ1n) is 6.33. The number of aromatic nitrogens is 1. The Bertz CT molecular complexity index is 651. The Hall–Kier alpha value is -1.78. The summed E-state index contributed by atoms with van der Waals surface area (Å²) < 4.78 is 41.0. The summed E-state index contributed by atoms with van der Waals surface area (Å²) in [6, 6.07) is 2.31. The van der Waals surface area contributed by atoms with Crippen LogP contribution in [0, 0.1) is 17.5 Å². The fourth-order valence-corrected chi connectivity index (χ4v) is 2.24. The van der Waals surface area contributed by atoms with E-state index in [-0.39, 0.29) is 16.8 Å². The lowest BCUT2D eigenvalue weighted by Gasteiger charge is -2.12. The van der Waals surface area contributed by atoms with E-state index in [1.807, 2.05) is 6.92 Å². The molecule has 0 saturated heterocycles. The molecule has 1 aliphatic rings. The maximum Gasteiger partial charge on any atom is 0.185 e. The van der Waals surface area contributed by atoms with Crippen LogP contribution in [0.5, 0.6) is 0 Å². The Morgan fingerprint density at radius 1 is 1.21 bits per heavy atom. The highest BCUT2D eigenvalue weighted by molar-refractivity contribution is 5.92. The van der Waals surface area contributed by atoms with Crippen LogP contribution in [0.4, 0.5) is 18.9 Å². The summed E-state index contributed by atoms with van der Waals surface area (Å²) in [5.74, 6) is -2.79. The first kappa shape index (κ1) is 12.3. The van der Waals surface area contributed by atoms with Gasteiger partial charge in [-0.15, -0.1) is 0 Å². The zero-order chi connectivity index (χ0) is 13.6. The van der Waals surface area contributed by atoms with E-state index in [0.717, 1.165) is 12.8 Å². The summed E-state index contributed by atoms with van der Waals surface area (Å²) in [7, 11) is 0. The third kappa shape index (κ3) is 2.03. The lowest BCUT2D eigenvalue weighted by molar-refractivity contribution is 0.504. The van der Waals surface area contributed by atoms with Gasteiger partial charge in [-0.2, -0.15) is 0 Å². The number of fused-ring (bicyclic) bond motifs is 1. The summed E-state index contributed by atoms with van der Waals surface area (Å²) in [4.78, 5) is 4.11. The highest BCUT2D eigenvalue weighted by atomic mass is 19.2. The fourth-order valence-electron chi connectivity index (χ4n) is 2.24.